The van der Waals surface area contributed by atoms with E-state index >= 15 is 0 Å². The zero-order valence-electron chi connectivity index (χ0n) is 9.39. The average molecular weight is 297 g/mol. The molecule has 0 aliphatic heterocycles. The fourth-order valence-corrected chi connectivity index (χ4v) is 1.52. The Morgan fingerprint density at radius 1 is 1.53 bits per heavy atom. The molecule has 0 aliphatic carbocycles. The summed E-state index contributed by atoms with van der Waals surface area (Å²) in [6, 6.07) is 5.44. The lowest BCUT2D eigenvalue weighted by Gasteiger charge is -2.05. The summed E-state index contributed by atoms with van der Waals surface area (Å²) in [6.45, 7) is 2.42. The highest BCUT2D eigenvalue weighted by Crippen LogP contribution is 2.23. The molecular weight excluding hydrogens is 284 g/mol. The third kappa shape index (κ3) is 4.87. The number of halogens is 1. The standard InChI is InChI=1S/C13H13BrO3/c1-2-3-8-17-11-5-6-12(14)10(9-11)4-7-13(15)16/h2-7,9H,8H2,1H3,(H,15,16)/b3-2+,7-4+. The zero-order chi connectivity index (χ0) is 12.7. The largest absolute Gasteiger partial charge is 0.490 e. The van der Waals surface area contributed by atoms with Gasteiger partial charge in [-0.15, -0.1) is 0 Å². The van der Waals surface area contributed by atoms with Gasteiger partial charge in [-0.3, -0.25) is 0 Å². The fraction of sp³-hybridized carbons (Fsp3) is 0.154. The summed E-state index contributed by atoms with van der Waals surface area (Å²) in [5.41, 5.74) is 0.769. The molecule has 0 radical (unpaired) electrons. The van der Waals surface area contributed by atoms with Crippen molar-refractivity contribution in [1.29, 1.82) is 0 Å². The molecule has 0 heterocycles. The minimum atomic E-state index is -0.975. The number of allylic oxidation sites excluding steroid dienone is 1. The number of carbonyl (C=O) groups is 1. The Labute approximate surface area is 109 Å². The van der Waals surface area contributed by atoms with Crippen molar-refractivity contribution >= 4 is 28.0 Å². The predicted octanol–water partition coefficient (Wildman–Crippen LogP) is 3.50. The second-order valence-corrected chi connectivity index (χ2v) is 4.09. The van der Waals surface area contributed by atoms with Gasteiger partial charge in [0.25, 0.3) is 0 Å². The average Bonchev–Trinajstić information content (AvgIpc) is 2.29. The third-order valence-electron chi connectivity index (χ3n) is 1.95. The predicted molar refractivity (Wildman–Crippen MR) is 71.1 cm³/mol. The number of carboxylic acids is 1. The Kier molecular flexibility index (Phi) is 5.49. The molecule has 0 spiro atoms. The number of carboxylic acid groups (broad SMARTS) is 1. The van der Waals surface area contributed by atoms with E-state index in [4.69, 9.17) is 9.84 Å². The maximum Gasteiger partial charge on any atom is 0.328 e. The first-order valence-electron chi connectivity index (χ1n) is 5.08. The maximum absolute atomic E-state index is 10.4. The van der Waals surface area contributed by atoms with E-state index in [1.54, 1.807) is 6.07 Å². The highest BCUT2D eigenvalue weighted by molar-refractivity contribution is 9.10. The van der Waals surface area contributed by atoms with Crippen LogP contribution in [0.2, 0.25) is 0 Å². The van der Waals surface area contributed by atoms with Crippen molar-refractivity contribution in [1.82, 2.24) is 0 Å². The van der Waals surface area contributed by atoms with E-state index < -0.39 is 5.97 Å². The maximum atomic E-state index is 10.4. The second-order valence-electron chi connectivity index (χ2n) is 3.23. The molecule has 0 saturated heterocycles. The minimum Gasteiger partial charge on any atom is -0.490 e. The first-order chi connectivity index (χ1) is 8.13. The lowest BCUT2D eigenvalue weighted by atomic mass is 10.2. The molecule has 1 aromatic carbocycles. The number of hydrogen-bond acceptors (Lipinski definition) is 2. The molecule has 0 atom stereocenters. The Morgan fingerprint density at radius 2 is 2.29 bits per heavy atom. The Morgan fingerprint density at radius 3 is 2.94 bits per heavy atom. The van der Waals surface area contributed by atoms with Gasteiger partial charge in [0, 0.05) is 10.5 Å². The van der Waals surface area contributed by atoms with Crippen LogP contribution in [-0.2, 0) is 4.79 Å². The monoisotopic (exact) mass is 296 g/mol. The van der Waals surface area contributed by atoms with Crippen LogP contribution in [0.5, 0.6) is 5.75 Å². The van der Waals surface area contributed by atoms with Gasteiger partial charge in [-0.25, -0.2) is 4.79 Å². The molecule has 90 valence electrons. The molecular formula is C13H13BrO3. The van der Waals surface area contributed by atoms with Gasteiger partial charge in [-0.2, -0.15) is 0 Å². The van der Waals surface area contributed by atoms with Gasteiger partial charge >= 0.3 is 5.97 Å². The van der Waals surface area contributed by atoms with E-state index in [1.165, 1.54) is 6.08 Å². The molecule has 0 aliphatic rings. The highest BCUT2D eigenvalue weighted by Gasteiger charge is 2.00. The Bertz CT molecular complexity index is 450. The van der Waals surface area contributed by atoms with Crippen molar-refractivity contribution in [2.75, 3.05) is 6.61 Å². The van der Waals surface area contributed by atoms with Crippen LogP contribution in [0.3, 0.4) is 0 Å². The van der Waals surface area contributed by atoms with Crippen molar-refractivity contribution in [2.24, 2.45) is 0 Å². The number of ether oxygens (including phenoxy) is 1. The Balaban J connectivity index is 2.82. The van der Waals surface area contributed by atoms with E-state index in [1.807, 2.05) is 31.2 Å². The van der Waals surface area contributed by atoms with Gasteiger partial charge in [0.1, 0.15) is 12.4 Å². The number of aliphatic carboxylic acids is 1. The van der Waals surface area contributed by atoms with E-state index in [2.05, 4.69) is 15.9 Å². The summed E-state index contributed by atoms with van der Waals surface area (Å²) < 4.78 is 6.29. The fourth-order valence-electron chi connectivity index (χ4n) is 1.14. The normalized spacial score (nSPS) is 11.2. The number of benzene rings is 1. The van der Waals surface area contributed by atoms with Crippen LogP contribution in [0.15, 0.2) is 40.9 Å². The van der Waals surface area contributed by atoms with Crippen molar-refractivity contribution in [3.8, 4) is 5.75 Å². The summed E-state index contributed by atoms with van der Waals surface area (Å²) in [5, 5.41) is 8.57. The van der Waals surface area contributed by atoms with Crippen LogP contribution in [0, 0.1) is 0 Å². The molecule has 0 saturated carbocycles. The van der Waals surface area contributed by atoms with Crippen molar-refractivity contribution < 1.29 is 14.6 Å². The van der Waals surface area contributed by atoms with Gasteiger partial charge < -0.3 is 9.84 Å². The van der Waals surface area contributed by atoms with Crippen LogP contribution in [0.1, 0.15) is 12.5 Å². The number of rotatable bonds is 5. The molecule has 0 bridgehead atoms. The van der Waals surface area contributed by atoms with Gasteiger partial charge in [0.2, 0.25) is 0 Å². The van der Waals surface area contributed by atoms with Crippen LogP contribution in [0.4, 0.5) is 0 Å². The van der Waals surface area contributed by atoms with Crippen LogP contribution in [0.25, 0.3) is 6.08 Å². The summed E-state index contributed by atoms with van der Waals surface area (Å²) in [5.74, 6) is -0.270. The molecule has 3 nitrogen and oxygen atoms in total. The van der Waals surface area contributed by atoms with E-state index in [0.717, 1.165) is 16.1 Å². The molecule has 1 aromatic rings. The molecule has 0 amide bonds. The summed E-state index contributed by atoms with van der Waals surface area (Å²) in [4.78, 5) is 10.4. The summed E-state index contributed by atoms with van der Waals surface area (Å²) in [6.07, 6.45) is 6.42. The minimum absolute atomic E-state index is 0.500. The van der Waals surface area contributed by atoms with E-state index in [9.17, 15) is 4.79 Å². The second kappa shape index (κ2) is 6.91. The number of hydrogen-bond donors (Lipinski definition) is 1. The quantitative estimate of drug-likeness (QED) is 0.668. The summed E-state index contributed by atoms with van der Waals surface area (Å²) in [7, 11) is 0. The topological polar surface area (TPSA) is 46.5 Å². The van der Waals surface area contributed by atoms with Gasteiger partial charge in [0.05, 0.1) is 0 Å². The van der Waals surface area contributed by atoms with Gasteiger partial charge in [-0.1, -0.05) is 28.1 Å². The highest BCUT2D eigenvalue weighted by atomic mass is 79.9. The molecule has 0 fully saturated rings. The van der Waals surface area contributed by atoms with Crippen molar-refractivity contribution in [2.45, 2.75) is 6.92 Å². The zero-order valence-corrected chi connectivity index (χ0v) is 11.0. The van der Waals surface area contributed by atoms with Crippen molar-refractivity contribution in [3.63, 3.8) is 0 Å². The third-order valence-corrected chi connectivity index (χ3v) is 2.68. The lowest BCUT2D eigenvalue weighted by Crippen LogP contribution is -1.93. The molecule has 1 rings (SSSR count). The molecule has 4 heteroatoms. The molecule has 0 aromatic heterocycles. The molecule has 1 N–H and O–H groups in total. The van der Waals surface area contributed by atoms with Crippen LogP contribution in [-0.4, -0.2) is 17.7 Å². The van der Waals surface area contributed by atoms with Crippen LogP contribution < -0.4 is 4.74 Å². The van der Waals surface area contributed by atoms with E-state index in [0.29, 0.717) is 12.4 Å². The molecule has 0 unspecified atom stereocenters. The van der Waals surface area contributed by atoms with Crippen molar-refractivity contribution in [3.05, 3.63) is 46.5 Å². The lowest BCUT2D eigenvalue weighted by molar-refractivity contribution is -0.131. The van der Waals surface area contributed by atoms with Gasteiger partial charge in [0.15, 0.2) is 0 Å². The van der Waals surface area contributed by atoms with E-state index in [-0.39, 0.29) is 0 Å². The SMILES string of the molecule is C/C=C/COc1ccc(Br)c(/C=C/C(=O)O)c1. The Hall–Kier alpha value is -1.55. The van der Waals surface area contributed by atoms with Crippen LogP contribution >= 0.6 is 15.9 Å². The smallest absolute Gasteiger partial charge is 0.328 e. The van der Waals surface area contributed by atoms with Gasteiger partial charge in [-0.05, 0) is 36.8 Å². The first kappa shape index (κ1) is 13.5. The summed E-state index contributed by atoms with van der Waals surface area (Å²) >= 11 is 3.35. The molecule has 17 heavy (non-hydrogen) atoms. The first-order valence-corrected chi connectivity index (χ1v) is 5.87.